The first-order chi connectivity index (χ1) is 9.73. The van der Waals surface area contributed by atoms with E-state index in [4.69, 9.17) is 0 Å². The van der Waals surface area contributed by atoms with Gasteiger partial charge in [-0.25, -0.2) is 13.1 Å². The van der Waals surface area contributed by atoms with Crippen LogP contribution in [0.5, 0.6) is 0 Å². The molecular formula is C13H19N3O4S. The molecule has 0 bridgehead atoms. The Labute approximate surface area is 123 Å². The number of nitro benzene ring substituents is 1. The Morgan fingerprint density at radius 2 is 1.95 bits per heavy atom. The molecule has 1 aromatic carbocycles. The summed E-state index contributed by atoms with van der Waals surface area (Å²) in [6, 6.07) is 3.97. The molecule has 2 N–H and O–H groups in total. The molecule has 0 atom stereocenters. The number of piperidine rings is 1. The number of rotatable bonds is 4. The number of aryl methyl sites for hydroxylation is 1. The number of hydrogen-bond acceptors (Lipinski definition) is 5. The van der Waals surface area contributed by atoms with Crippen molar-refractivity contribution in [2.45, 2.75) is 37.1 Å². The molecule has 1 aromatic rings. The van der Waals surface area contributed by atoms with Gasteiger partial charge in [-0.05, 0) is 45.8 Å². The number of hydrogen-bond donors (Lipinski definition) is 2. The van der Waals surface area contributed by atoms with Crippen molar-refractivity contribution >= 4 is 15.7 Å². The van der Waals surface area contributed by atoms with E-state index in [-0.39, 0.29) is 10.6 Å². The van der Waals surface area contributed by atoms with Gasteiger partial charge < -0.3 is 5.32 Å². The molecule has 1 aliphatic heterocycles. The number of nitro groups is 1. The predicted octanol–water partition coefficient (Wildman–Crippen LogP) is 1.32. The van der Waals surface area contributed by atoms with Gasteiger partial charge in [0.1, 0.15) is 0 Å². The summed E-state index contributed by atoms with van der Waals surface area (Å²) in [4.78, 5) is 10.3. The molecular weight excluding hydrogens is 294 g/mol. The summed E-state index contributed by atoms with van der Waals surface area (Å²) in [5.74, 6) is 0. The molecule has 0 radical (unpaired) electrons. The molecule has 8 heteroatoms. The van der Waals surface area contributed by atoms with Crippen molar-refractivity contribution in [3.63, 3.8) is 0 Å². The maximum absolute atomic E-state index is 12.4. The van der Waals surface area contributed by atoms with Crippen LogP contribution in [-0.4, -0.2) is 32.0 Å². The van der Waals surface area contributed by atoms with E-state index in [1.807, 2.05) is 6.92 Å². The molecule has 0 amide bonds. The van der Waals surface area contributed by atoms with Gasteiger partial charge in [-0.15, -0.1) is 0 Å². The maximum Gasteiger partial charge on any atom is 0.273 e. The topological polar surface area (TPSA) is 101 Å². The van der Waals surface area contributed by atoms with Gasteiger partial charge in [0.15, 0.2) is 0 Å². The van der Waals surface area contributed by atoms with Gasteiger partial charge >= 0.3 is 0 Å². The summed E-state index contributed by atoms with van der Waals surface area (Å²) in [5, 5.41) is 14.1. The van der Waals surface area contributed by atoms with Crippen molar-refractivity contribution in [1.82, 2.24) is 10.0 Å². The van der Waals surface area contributed by atoms with Gasteiger partial charge in [0.25, 0.3) is 5.69 Å². The van der Waals surface area contributed by atoms with Crippen molar-refractivity contribution in [3.05, 3.63) is 33.9 Å². The van der Waals surface area contributed by atoms with Crippen LogP contribution < -0.4 is 10.0 Å². The summed E-state index contributed by atoms with van der Waals surface area (Å²) in [5.41, 5.74) is -0.274. The fraction of sp³-hybridized carbons (Fsp3) is 0.538. The van der Waals surface area contributed by atoms with Gasteiger partial charge in [-0.1, -0.05) is 6.07 Å². The van der Waals surface area contributed by atoms with Crippen LogP contribution in [0.25, 0.3) is 0 Å². The van der Waals surface area contributed by atoms with Crippen LogP contribution in [-0.2, 0) is 10.0 Å². The highest BCUT2D eigenvalue weighted by molar-refractivity contribution is 7.89. The average Bonchev–Trinajstić information content (AvgIpc) is 2.38. The lowest BCUT2D eigenvalue weighted by Crippen LogP contribution is -2.52. The lowest BCUT2D eigenvalue weighted by molar-refractivity contribution is -0.385. The minimum absolute atomic E-state index is 0.0699. The molecule has 0 spiro atoms. The van der Waals surface area contributed by atoms with Crippen molar-refractivity contribution in [3.8, 4) is 0 Å². The molecule has 1 saturated heterocycles. The Morgan fingerprint density at radius 3 is 2.52 bits per heavy atom. The fourth-order valence-corrected chi connectivity index (χ4v) is 3.90. The molecule has 0 aromatic heterocycles. The van der Waals surface area contributed by atoms with Gasteiger partial charge in [0.05, 0.1) is 9.82 Å². The molecule has 0 unspecified atom stereocenters. The standard InChI is InChI=1S/C13H19N3O4S/c1-10-3-4-11(9-12(10)16(17)18)21(19,20)15-13(2)5-7-14-8-6-13/h3-4,9,14-15H,5-8H2,1-2H3. The molecule has 0 aliphatic carbocycles. The maximum atomic E-state index is 12.4. The van der Waals surface area contributed by atoms with Crippen LogP contribution in [0.4, 0.5) is 5.69 Å². The number of nitrogens with one attached hydrogen (secondary N) is 2. The van der Waals surface area contributed by atoms with E-state index in [9.17, 15) is 18.5 Å². The highest BCUT2D eigenvalue weighted by atomic mass is 32.2. The van der Waals surface area contributed by atoms with Crippen LogP contribution in [0.3, 0.4) is 0 Å². The first kappa shape index (κ1) is 15.9. The minimum Gasteiger partial charge on any atom is -0.317 e. The van der Waals surface area contributed by atoms with E-state index >= 15 is 0 Å². The summed E-state index contributed by atoms with van der Waals surface area (Å²) in [7, 11) is -3.77. The number of benzene rings is 1. The second kappa shape index (κ2) is 5.70. The Bertz CT molecular complexity index is 651. The lowest BCUT2D eigenvalue weighted by atomic mass is 9.92. The Balaban J connectivity index is 2.31. The molecule has 7 nitrogen and oxygen atoms in total. The van der Waals surface area contributed by atoms with Gasteiger partial charge in [0, 0.05) is 17.2 Å². The second-order valence-electron chi connectivity index (χ2n) is 5.62. The monoisotopic (exact) mass is 313 g/mol. The van der Waals surface area contributed by atoms with Crippen LogP contribution in [0.1, 0.15) is 25.3 Å². The Kier molecular flexibility index (Phi) is 4.31. The fourth-order valence-electron chi connectivity index (χ4n) is 2.42. The van der Waals surface area contributed by atoms with E-state index in [2.05, 4.69) is 10.0 Å². The molecule has 116 valence electrons. The number of sulfonamides is 1. The SMILES string of the molecule is Cc1ccc(S(=O)(=O)NC2(C)CCNCC2)cc1[N+](=O)[O-]. The molecule has 2 rings (SSSR count). The van der Waals surface area contributed by atoms with Crippen LogP contribution in [0.2, 0.25) is 0 Å². The Morgan fingerprint density at radius 1 is 1.33 bits per heavy atom. The van der Waals surface area contributed by atoms with Crippen molar-refractivity contribution in [2.24, 2.45) is 0 Å². The smallest absolute Gasteiger partial charge is 0.273 e. The highest BCUT2D eigenvalue weighted by Crippen LogP contribution is 2.25. The lowest BCUT2D eigenvalue weighted by Gasteiger charge is -2.34. The zero-order chi connectivity index (χ0) is 15.7. The van der Waals surface area contributed by atoms with E-state index in [1.54, 1.807) is 6.92 Å². The van der Waals surface area contributed by atoms with Crippen LogP contribution in [0, 0.1) is 17.0 Å². The largest absolute Gasteiger partial charge is 0.317 e. The van der Waals surface area contributed by atoms with Crippen LogP contribution >= 0.6 is 0 Å². The number of nitrogens with zero attached hydrogens (tertiary/aromatic N) is 1. The third-order valence-electron chi connectivity index (χ3n) is 3.78. The third-order valence-corrected chi connectivity index (χ3v) is 5.41. The molecule has 1 fully saturated rings. The highest BCUT2D eigenvalue weighted by Gasteiger charge is 2.32. The summed E-state index contributed by atoms with van der Waals surface area (Å²) in [6.07, 6.45) is 1.36. The van der Waals surface area contributed by atoms with Crippen molar-refractivity contribution in [2.75, 3.05) is 13.1 Å². The van der Waals surface area contributed by atoms with Crippen molar-refractivity contribution in [1.29, 1.82) is 0 Å². The molecule has 0 saturated carbocycles. The van der Waals surface area contributed by atoms with E-state index in [1.165, 1.54) is 12.1 Å². The van der Waals surface area contributed by atoms with Gasteiger partial charge in [0.2, 0.25) is 10.0 Å². The van der Waals surface area contributed by atoms with Crippen LogP contribution in [0.15, 0.2) is 23.1 Å². The molecule has 1 aliphatic rings. The van der Waals surface area contributed by atoms with E-state index in [0.717, 1.165) is 19.2 Å². The predicted molar refractivity (Wildman–Crippen MR) is 78.7 cm³/mol. The zero-order valence-corrected chi connectivity index (χ0v) is 12.9. The summed E-state index contributed by atoms with van der Waals surface area (Å²) < 4.78 is 27.6. The minimum atomic E-state index is -3.77. The van der Waals surface area contributed by atoms with Gasteiger partial charge in [-0.3, -0.25) is 10.1 Å². The van der Waals surface area contributed by atoms with E-state index < -0.39 is 20.5 Å². The van der Waals surface area contributed by atoms with E-state index in [0.29, 0.717) is 18.4 Å². The normalized spacial score (nSPS) is 18.4. The summed E-state index contributed by atoms with van der Waals surface area (Å²) >= 11 is 0. The molecule has 1 heterocycles. The van der Waals surface area contributed by atoms with Gasteiger partial charge in [-0.2, -0.15) is 0 Å². The quantitative estimate of drug-likeness (QED) is 0.645. The first-order valence-electron chi connectivity index (χ1n) is 6.73. The molecule has 21 heavy (non-hydrogen) atoms. The first-order valence-corrected chi connectivity index (χ1v) is 8.22. The average molecular weight is 313 g/mol. The zero-order valence-electron chi connectivity index (χ0n) is 12.0. The summed E-state index contributed by atoms with van der Waals surface area (Å²) in [6.45, 7) is 4.92. The second-order valence-corrected chi connectivity index (χ2v) is 7.30. The Hall–Kier alpha value is -1.51. The third kappa shape index (κ3) is 3.58. The van der Waals surface area contributed by atoms with Crippen molar-refractivity contribution < 1.29 is 13.3 Å².